The Hall–Kier alpha value is -3.65. The molecule has 0 aliphatic carbocycles. The fourth-order valence-electron chi connectivity index (χ4n) is 3.50. The minimum Gasteiger partial charge on any atom is -0.494 e. The number of carbonyl (C=O) groups is 1. The maximum Gasteiger partial charge on any atom is 0.338 e. The quantitative estimate of drug-likeness (QED) is 0.503. The molecule has 0 atom stereocenters. The number of ether oxygens (including phenoxy) is 2. The number of hydrogen-bond donors (Lipinski definition) is 1. The number of hydrogen-bond acceptors (Lipinski definition) is 7. The van der Waals surface area contributed by atoms with Gasteiger partial charge in [-0.1, -0.05) is 18.2 Å². The van der Waals surface area contributed by atoms with E-state index in [0.717, 1.165) is 0 Å². The Kier molecular flexibility index (Phi) is 5.99. The Balaban J connectivity index is 1.81. The predicted molar refractivity (Wildman–Crippen MR) is 117 cm³/mol. The van der Waals surface area contributed by atoms with Gasteiger partial charge in [0, 0.05) is 10.8 Å². The minimum atomic E-state index is -0.442. The zero-order chi connectivity index (χ0) is 21.8. The number of aromatic hydroxyl groups is 1. The highest BCUT2D eigenvalue weighted by Gasteiger charge is 2.17. The number of aromatic nitrogens is 1. The van der Waals surface area contributed by atoms with E-state index >= 15 is 0 Å². The van der Waals surface area contributed by atoms with Gasteiger partial charge in [0.05, 0.1) is 55.9 Å². The molecular formula is C23H23N3O5. The van der Waals surface area contributed by atoms with Crippen molar-refractivity contribution in [3.05, 3.63) is 70.0 Å². The summed E-state index contributed by atoms with van der Waals surface area (Å²) in [6.07, 6.45) is 1.58. The van der Waals surface area contributed by atoms with Gasteiger partial charge in [-0.3, -0.25) is 9.80 Å². The number of esters is 1. The molecule has 31 heavy (non-hydrogen) atoms. The van der Waals surface area contributed by atoms with E-state index in [4.69, 9.17) is 9.47 Å². The number of morpholine rings is 1. The van der Waals surface area contributed by atoms with Crippen LogP contribution in [0.2, 0.25) is 0 Å². The van der Waals surface area contributed by atoms with Crippen LogP contribution in [-0.2, 0) is 9.47 Å². The molecule has 1 aliphatic heterocycles. The number of fused-ring (bicyclic) bond motifs is 1. The summed E-state index contributed by atoms with van der Waals surface area (Å²) in [6.45, 7) is 4.51. The number of rotatable bonds is 5. The van der Waals surface area contributed by atoms with Gasteiger partial charge < -0.3 is 14.6 Å². The summed E-state index contributed by atoms with van der Waals surface area (Å²) in [7, 11) is 0. The summed E-state index contributed by atoms with van der Waals surface area (Å²) in [5.74, 6) is -0.660. The van der Waals surface area contributed by atoms with Crippen molar-refractivity contribution >= 4 is 23.0 Å². The first-order chi connectivity index (χ1) is 15.1. The van der Waals surface area contributed by atoms with E-state index in [1.165, 1.54) is 4.57 Å². The molecule has 0 unspecified atom stereocenters. The van der Waals surface area contributed by atoms with Crippen LogP contribution in [0.15, 0.2) is 58.4 Å². The van der Waals surface area contributed by atoms with Crippen LogP contribution in [0, 0.1) is 0 Å². The normalized spacial score (nSPS) is 14.3. The topological polar surface area (TPSA) is 93.4 Å². The van der Waals surface area contributed by atoms with Gasteiger partial charge in [-0.15, -0.1) is 0 Å². The average molecular weight is 421 g/mol. The number of benzene rings is 2. The number of hydrazone groups is 1. The third-order valence-corrected chi connectivity index (χ3v) is 5.08. The van der Waals surface area contributed by atoms with Gasteiger partial charge in [0.1, 0.15) is 0 Å². The Bertz CT molecular complexity index is 1180. The highest BCUT2D eigenvalue weighted by Crippen LogP contribution is 2.26. The molecule has 2 heterocycles. The molecule has 0 radical (unpaired) electrons. The third kappa shape index (κ3) is 4.15. The molecule has 1 saturated heterocycles. The zero-order valence-corrected chi connectivity index (χ0v) is 17.2. The van der Waals surface area contributed by atoms with Crippen molar-refractivity contribution < 1.29 is 19.4 Å². The summed E-state index contributed by atoms with van der Waals surface area (Å²) >= 11 is 0. The lowest BCUT2D eigenvalue weighted by molar-refractivity contribution is 0.0397. The SMILES string of the molecule is CCOC(=O)c1ccc(-n2c(O)c(C=NN3CCOCC3)c3ccccc3c2=O)cc1. The van der Waals surface area contributed by atoms with Crippen LogP contribution in [0.1, 0.15) is 22.8 Å². The largest absolute Gasteiger partial charge is 0.494 e. The molecule has 1 aliphatic rings. The van der Waals surface area contributed by atoms with E-state index in [1.54, 1.807) is 55.6 Å². The average Bonchev–Trinajstić information content (AvgIpc) is 2.80. The van der Waals surface area contributed by atoms with Gasteiger partial charge >= 0.3 is 5.97 Å². The fraction of sp³-hybridized carbons (Fsp3) is 0.261. The maximum atomic E-state index is 13.2. The van der Waals surface area contributed by atoms with Gasteiger partial charge in [0.25, 0.3) is 5.56 Å². The van der Waals surface area contributed by atoms with E-state index < -0.39 is 5.97 Å². The standard InChI is InChI=1S/C23H23N3O5/c1-2-31-23(29)16-7-9-17(10-8-16)26-21(27)19-6-4-3-5-18(19)20(22(26)28)15-24-25-11-13-30-14-12-25/h3-10,15,28H,2,11-14H2,1H3. The lowest BCUT2D eigenvalue weighted by Crippen LogP contribution is -2.32. The zero-order valence-electron chi connectivity index (χ0n) is 17.2. The minimum absolute atomic E-state index is 0.218. The first-order valence-corrected chi connectivity index (χ1v) is 10.1. The van der Waals surface area contributed by atoms with Crippen LogP contribution in [0.5, 0.6) is 5.88 Å². The van der Waals surface area contributed by atoms with Crippen molar-refractivity contribution in [2.75, 3.05) is 32.9 Å². The van der Waals surface area contributed by atoms with Gasteiger partial charge in [0.15, 0.2) is 0 Å². The van der Waals surface area contributed by atoms with Crippen LogP contribution in [0.4, 0.5) is 0 Å². The summed E-state index contributed by atoms with van der Waals surface area (Å²) in [6, 6.07) is 13.4. The molecule has 8 nitrogen and oxygen atoms in total. The lowest BCUT2D eigenvalue weighted by Gasteiger charge is -2.23. The lowest BCUT2D eigenvalue weighted by atomic mass is 10.1. The molecule has 0 saturated carbocycles. The molecule has 8 heteroatoms. The van der Waals surface area contributed by atoms with Crippen molar-refractivity contribution in [1.82, 2.24) is 9.58 Å². The van der Waals surface area contributed by atoms with Gasteiger partial charge in [-0.25, -0.2) is 9.36 Å². The summed E-state index contributed by atoms with van der Waals surface area (Å²) < 4.78 is 11.6. The number of pyridine rings is 1. The molecule has 1 N–H and O–H groups in total. The summed E-state index contributed by atoms with van der Waals surface area (Å²) in [5, 5.41) is 18.5. The summed E-state index contributed by atoms with van der Waals surface area (Å²) in [5.41, 5.74) is 0.882. The van der Waals surface area contributed by atoms with E-state index in [-0.39, 0.29) is 18.0 Å². The molecule has 2 aromatic carbocycles. The Morgan fingerprint density at radius 3 is 2.48 bits per heavy atom. The Labute approximate surface area is 178 Å². The highest BCUT2D eigenvalue weighted by atomic mass is 16.5. The van der Waals surface area contributed by atoms with Crippen molar-refractivity contribution in [2.24, 2.45) is 5.10 Å². The highest BCUT2D eigenvalue weighted by molar-refractivity contribution is 6.01. The van der Waals surface area contributed by atoms with Crippen molar-refractivity contribution in [2.45, 2.75) is 6.92 Å². The molecule has 0 spiro atoms. The Morgan fingerprint density at radius 2 is 1.81 bits per heavy atom. The second-order valence-electron chi connectivity index (χ2n) is 7.00. The molecule has 3 aromatic rings. The van der Waals surface area contributed by atoms with E-state index in [9.17, 15) is 14.7 Å². The summed E-state index contributed by atoms with van der Waals surface area (Å²) in [4.78, 5) is 25.1. The van der Waals surface area contributed by atoms with Crippen LogP contribution < -0.4 is 5.56 Å². The van der Waals surface area contributed by atoms with E-state index in [1.807, 2.05) is 11.1 Å². The monoisotopic (exact) mass is 421 g/mol. The van der Waals surface area contributed by atoms with Crippen molar-refractivity contribution in [3.8, 4) is 11.6 Å². The number of nitrogens with zero attached hydrogens (tertiary/aromatic N) is 3. The molecule has 4 rings (SSSR count). The molecule has 1 aromatic heterocycles. The predicted octanol–water partition coefficient (Wildman–Crippen LogP) is 2.54. The third-order valence-electron chi connectivity index (χ3n) is 5.08. The maximum absolute atomic E-state index is 13.2. The smallest absolute Gasteiger partial charge is 0.338 e. The first-order valence-electron chi connectivity index (χ1n) is 10.1. The molecule has 0 bridgehead atoms. The van der Waals surface area contributed by atoms with E-state index in [0.29, 0.717) is 53.9 Å². The van der Waals surface area contributed by atoms with Crippen molar-refractivity contribution in [3.63, 3.8) is 0 Å². The second-order valence-corrected chi connectivity index (χ2v) is 7.00. The Morgan fingerprint density at radius 1 is 1.13 bits per heavy atom. The molecule has 160 valence electrons. The van der Waals surface area contributed by atoms with Crippen LogP contribution in [0.3, 0.4) is 0 Å². The molecule has 0 amide bonds. The van der Waals surface area contributed by atoms with Crippen LogP contribution >= 0.6 is 0 Å². The molecule has 1 fully saturated rings. The van der Waals surface area contributed by atoms with Crippen molar-refractivity contribution in [1.29, 1.82) is 0 Å². The van der Waals surface area contributed by atoms with Gasteiger partial charge in [0.2, 0.25) is 5.88 Å². The van der Waals surface area contributed by atoms with Gasteiger partial charge in [-0.05, 0) is 37.3 Å². The fourth-order valence-corrected chi connectivity index (χ4v) is 3.50. The van der Waals surface area contributed by atoms with Crippen LogP contribution in [-0.4, -0.2) is 59.8 Å². The second kappa shape index (κ2) is 9.01. The molecular weight excluding hydrogens is 398 g/mol. The first kappa shape index (κ1) is 20.6. The van der Waals surface area contributed by atoms with Gasteiger partial charge in [-0.2, -0.15) is 5.10 Å². The number of carbonyl (C=O) groups excluding carboxylic acids is 1. The van der Waals surface area contributed by atoms with Crippen LogP contribution in [0.25, 0.3) is 16.5 Å². The van der Waals surface area contributed by atoms with E-state index in [2.05, 4.69) is 5.10 Å².